The second kappa shape index (κ2) is 9.01. The molecular weight excluding hydrogens is 426 g/mol. The molecule has 5 nitrogen and oxygen atoms in total. The highest BCUT2D eigenvalue weighted by atomic mass is 79.9. The third-order valence-electron chi connectivity index (χ3n) is 3.78. The first-order valence-corrected chi connectivity index (χ1v) is 10.00. The fourth-order valence-corrected chi connectivity index (χ4v) is 3.48. The lowest BCUT2D eigenvalue weighted by Gasteiger charge is -2.10. The maximum Gasteiger partial charge on any atom is 0.275 e. The lowest BCUT2D eigenvalue weighted by Crippen LogP contribution is -2.15. The standard InChI is InChI=1S/C20H18BrN3O2S/c1-13-7-9-14(10-8-13)12-27-20-22-11-15(21)18(24-20)19(25)23-16-5-3-4-6-17(16)26-2/h3-11H,12H2,1-2H3,(H,23,25). The Morgan fingerprint density at radius 1 is 1.19 bits per heavy atom. The molecule has 3 aromatic rings. The number of carbonyl (C=O) groups excluding carboxylic acids is 1. The first-order chi connectivity index (χ1) is 13.1. The van der Waals surface area contributed by atoms with E-state index < -0.39 is 0 Å². The van der Waals surface area contributed by atoms with Gasteiger partial charge in [-0.2, -0.15) is 0 Å². The minimum atomic E-state index is -0.328. The Balaban J connectivity index is 1.74. The van der Waals surface area contributed by atoms with Crippen LogP contribution < -0.4 is 10.1 Å². The molecule has 138 valence electrons. The number of aryl methyl sites for hydroxylation is 1. The number of aromatic nitrogens is 2. The summed E-state index contributed by atoms with van der Waals surface area (Å²) in [4.78, 5) is 21.4. The van der Waals surface area contributed by atoms with Gasteiger partial charge in [0.05, 0.1) is 17.3 Å². The first-order valence-electron chi connectivity index (χ1n) is 8.22. The van der Waals surface area contributed by atoms with Crippen LogP contribution in [0.3, 0.4) is 0 Å². The SMILES string of the molecule is COc1ccccc1NC(=O)c1nc(SCc2ccc(C)cc2)ncc1Br. The molecule has 0 aliphatic rings. The van der Waals surface area contributed by atoms with E-state index in [1.165, 1.54) is 22.9 Å². The van der Waals surface area contributed by atoms with E-state index in [1.807, 2.05) is 12.1 Å². The van der Waals surface area contributed by atoms with E-state index in [2.05, 4.69) is 62.4 Å². The maximum absolute atomic E-state index is 12.7. The summed E-state index contributed by atoms with van der Waals surface area (Å²) in [6, 6.07) is 15.5. The molecule has 0 atom stereocenters. The second-order valence-electron chi connectivity index (χ2n) is 5.78. The molecule has 0 radical (unpaired) electrons. The molecule has 1 amide bonds. The summed E-state index contributed by atoms with van der Waals surface area (Å²) in [7, 11) is 1.56. The number of nitrogens with zero attached hydrogens (tertiary/aromatic N) is 2. The highest BCUT2D eigenvalue weighted by molar-refractivity contribution is 9.10. The van der Waals surface area contributed by atoms with E-state index >= 15 is 0 Å². The van der Waals surface area contributed by atoms with Gasteiger partial charge in [-0.25, -0.2) is 9.97 Å². The highest BCUT2D eigenvalue weighted by Crippen LogP contribution is 2.26. The summed E-state index contributed by atoms with van der Waals surface area (Å²) in [6.07, 6.45) is 1.60. The minimum Gasteiger partial charge on any atom is -0.495 e. The Hall–Kier alpha value is -2.38. The first kappa shape index (κ1) is 19.4. The van der Waals surface area contributed by atoms with Crippen LogP contribution in [0, 0.1) is 6.92 Å². The third kappa shape index (κ3) is 5.08. The highest BCUT2D eigenvalue weighted by Gasteiger charge is 2.16. The van der Waals surface area contributed by atoms with Crippen LogP contribution in [0.4, 0.5) is 5.69 Å². The fraction of sp³-hybridized carbons (Fsp3) is 0.150. The molecular formula is C20H18BrN3O2S. The molecule has 0 unspecified atom stereocenters. The van der Waals surface area contributed by atoms with Crippen LogP contribution in [-0.4, -0.2) is 23.0 Å². The van der Waals surface area contributed by atoms with Crippen molar-refractivity contribution < 1.29 is 9.53 Å². The topological polar surface area (TPSA) is 64.1 Å². The average Bonchev–Trinajstić information content (AvgIpc) is 2.69. The van der Waals surface area contributed by atoms with Crippen LogP contribution in [0.1, 0.15) is 21.6 Å². The van der Waals surface area contributed by atoms with Crippen molar-refractivity contribution in [2.24, 2.45) is 0 Å². The molecule has 0 aliphatic heterocycles. The van der Waals surface area contributed by atoms with E-state index in [0.717, 1.165) is 5.75 Å². The quantitative estimate of drug-likeness (QED) is 0.423. The Bertz CT molecular complexity index is 948. The van der Waals surface area contributed by atoms with Gasteiger partial charge in [-0.3, -0.25) is 4.79 Å². The van der Waals surface area contributed by atoms with Gasteiger partial charge >= 0.3 is 0 Å². The van der Waals surface area contributed by atoms with Gasteiger partial charge < -0.3 is 10.1 Å². The molecule has 1 aromatic heterocycles. The predicted octanol–water partition coefficient (Wildman–Crippen LogP) is 5.10. The summed E-state index contributed by atoms with van der Waals surface area (Å²) < 4.78 is 5.81. The molecule has 0 saturated carbocycles. The Morgan fingerprint density at radius 3 is 2.67 bits per heavy atom. The molecule has 0 bridgehead atoms. The number of halogens is 1. The molecule has 7 heteroatoms. The third-order valence-corrected chi connectivity index (χ3v) is 5.29. The summed E-state index contributed by atoms with van der Waals surface area (Å²) in [5.74, 6) is 0.992. The van der Waals surface area contributed by atoms with Crippen molar-refractivity contribution in [3.8, 4) is 5.75 Å². The predicted molar refractivity (Wildman–Crippen MR) is 111 cm³/mol. The fourth-order valence-electron chi connectivity index (χ4n) is 2.34. The number of nitrogens with one attached hydrogen (secondary N) is 1. The van der Waals surface area contributed by atoms with Gasteiger partial charge in [-0.05, 0) is 40.5 Å². The van der Waals surface area contributed by atoms with Crippen molar-refractivity contribution in [1.29, 1.82) is 0 Å². The van der Waals surface area contributed by atoms with E-state index in [-0.39, 0.29) is 11.6 Å². The zero-order valence-electron chi connectivity index (χ0n) is 14.9. The monoisotopic (exact) mass is 443 g/mol. The van der Waals surface area contributed by atoms with Crippen molar-refractivity contribution in [3.63, 3.8) is 0 Å². The van der Waals surface area contributed by atoms with Gasteiger partial charge in [0.25, 0.3) is 5.91 Å². The van der Waals surface area contributed by atoms with Crippen LogP contribution in [0.5, 0.6) is 5.75 Å². The van der Waals surface area contributed by atoms with Gasteiger partial charge in [-0.1, -0.05) is 53.7 Å². The number of hydrogen-bond acceptors (Lipinski definition) is 5. The molecule has 27 heavy (non-hydrogen) atoms. The van der Waals surface area contributed by atoms with E-state index in [9.17, 15) is 4.79 Å². The number of amides is 1. The largest absolute Gasteiger partial charge is 0.495 e. The van der Waals surface area contributed by atoms with E-state index in [0.29, 0.717) is 21.1 Å². The number of methoxy groups -OCH3 is 1. The van der Waals surface area contributed by atoms with Gasteiger partial charge in [0.15, 0.2) is 5.16 Å². The molecule has 2 aromatic carbocycles. The Labute approximate surface area is 170 Å². The van der Waals surface area contributed by atoms with Crippen molar-refractivity contribution in [3.05, 3.63) is 76.0 Å². The van der Waals surface area contributed by atoms with Crippen LogP contribution in [0.15, 0.2) is 64.4 Å². The average molecular weight is 444 g/mol. The van der Waals surface area contributed by atoms with Crippen molar-refractivity contribution in [2.45, 2.75) is 17.8 Å². The Kier molecular flexibility index (Phi) is 6.47. The normalized spacial score (nSPS) is 10.5. The summed E-state index contributed by atoms with van der Waals surface area (Å²) in [5.41, 5.74) is 3.27. The minimum absolute atomic E-state index is 0.280. The van der Waals surface area contributed by atoms with Crippen molar-refractivity contribution >= 4 is 39.3 Å². The van der Waals surface area contributed by atoms with Gasteiger partial charge in [0.1, 0.15) is 11.4 Å². The van der Waals surface area contributed by atoms with Crippen molar-refractivity contribution in [2.75, 3.05) is 12.4 Å². The number of benzene rings is 2. The molecule has 0 fully saturated rings. The summed E-state index contributed by atoms with van der Waals surface area (Å²) in [6.45, 7) is 2.06. The van der Waals surface area contributed by atoms with Gasteiger partial charge in [-0.15, -0.1) is 0 Å². The van der Waals surface area contributed by atoms with Gasteiger partial charge in [0, 0.05) is 11.9 Å². The maximum atomic E-state index is 12.7. The zero-order chi connectivity index (χ0) is 19.2. The van der Waals surface area contributed by atoms with Crippen LogP contribution in [0.25, 0.3) is 0 Å². The molecule has 1 N–H and O–H groups in total. The number of hydrogen-bond donors (Lipinski definition) is 1. The number of carbonyl (C=O) groups is 1. The lowest BCUT2D eigenvalue weighted by molar-refractivity contribution is 0.102. The Morgan fingerprint density at radius 2 is 1.93 bits per heavy atom. The van der Waals surface area contributed by atoms with E-state index in [1.54, 1.807) is 25.4 Å². The lowest BCUT2D eigenvalue weighted by atomic mass is 10.2. The number of anilines is 1. The van der Waals surface area contributed by atoms with E-state index in [4.69, 9.17) is 4.74 Å². The van der Waals surface area contributed by atoms with Gasteiger partial charge in [0.2, 0.25) is 0 Å². The number of para-hydroxylation sites is 2. The summed E-state index contributed by atoms with van der Waals surface area (Å²) in [5, 5.41) is 3.38. The zero-order valence-corrected chi connectivity index (χ0v) is 17.3. The van der Waals surface area contributed by atoms with Crippen LogP contribution >= 0.6 is 27.7 Å². The van der Waals surface area contributed by atoms with Crippen LogP contribution in [0.2, 0.25) is 0 Å². The second-order valence-corrected chi connectivity index (χ2v) is 7.57. The van der Waals surface area contributed by atoms with Crippen LogP contribution in [-0.2, 0) is 5.75 Å². The molecule has 0 aliphatic carbocycles. The summed E-state index contributed by atoms with van der Waals surface area (Å²) >= 11 is 4.84. The molecule has 3 rings (SSSR count). The molecule has 0 saturated heterocycles. The van der Waals surface area contributed by atoms with Crippen molar-refractivity contribution in [1.82, 2.24) is 9.97 Å². The number of ether oxygens (including phenoxy) is 1. The number of thioether (sulfide) groups is 1. The number of rotatable bonds is 6. The smallest absolute Gasteiger partial charge is 0.275 e. The molecule has 1 heterocycles. The molecule has 0 spiro atoms.